The van der Waals surface area contributed by atoms with E-state index in [1.807, 2.05) is 0 Å². The molecular formula is C11H21BrO2. The van der Waals surface area contributed by atoms with Crippen molar-refractivity contribution in [1.29, 1.82) is 0 Å². The molecule has 1 atom stereocenters. The molecule has 0 saturated carbocycles. The normalized spacial score (nSPS) is 12.5. The Labute approximate surface area is 95.5 Å². The van der Waals surface area contributed by atoms with Gasteiger partial charge in [-0.05, 0) is 6.42 Å². The van der Waals surface area contributed by atoms with Crippen molar-refractivity contribution >= 4 is 21.9 Å². The molecule has 0 bridgehead atoms. The van der Waals surface area contributed by atoms with Crippen molar-refractivity contribution in [2.24, 2.45) is 0 Å². The Balaban J connectivity index is 3.23. The first-order valence-corrected chi connectivity index (χ1v) is 6.35. The Bertz CT molecular complexity index is 148. The van der Waals surface area contributed by atoms with E-state index in [9.17, 15) is 4.79 Å². The number of rotatable bonds is 8. The minimum atomic E-state index is -0.154. The van der Waals surface area contributed by atoms with Gasteiger partial charge in [0.15, 0.2) is 0 Å². The van der Waals surface area contributed by atoms with E-state index in [1.54, 1.807) is 0 Å². The van der Waals surface area contributed by atoms with Crippen LogP contribution in [0.5, 0.6) is 0 Å². The van der Waals surface area contributed by atoms with E-state index < -0.39 is 0 Å². The fourth-order valence-corrected chi connectivity index (χ4v) is 1.86. The van der Waals surface area contributed by atoms with Crippen LogP contribution in [0, 0.1) is 0 Å². The lowest BCUT2D eigenvalue weighted by Gasteiger charge is -2.06. The average molecular weight is 265 g/mol. The molecule has 0 fully saturated rings. The molecule has 0 aromatic rings. The predicted octanol–water partition coefficient (Wildman–Crippen LogP) is 3.67. The fraction of sp³-hybridized carbons (Fsp3) is 0.909. The SMILES string of the molecule is CCCCCCCC[C@@H](Br)C(=O)OC. The van der Waals surface area contributed by atoms with E-state index in [2.05, 4.69) is 27.6 Å². The zero-order valence-corrected chi connectivity index (χ0v) is 10.8. The van der Waals surface area contributed by atoms with Crippen LogP contribution < -0.4 is 0 Å². The van der Waals surface area contributed by atoms with Crippen LogP contribution in [-0.2, 0) is 9.53 Å². The molecule has 0 aliphatic rings. The maximum Gasteiger partial charge on any atom is 0.319 e. The lowest BCUT2D eigenvalue weighted by molar-refractivity contribution is -0.139. The molecular weight excluding hydrogens is 244 g/mol. The highest BCUT2D eigenvalue weighted by Crippen LogP contribution is 2.14. The predicted molar refractivity (Wildman–Crippen MR) is 62.7 cm³/mol. The summed E-state index contributed by atoms with van der Waals surface area (Å²) >= 11 is 3.31. The van der Waals surface area contributed by atoms with Gasteiger partial charge in [0.05, 0.1) is 7.11 Å². The molecule has 0 amide bonds. The second kappa shape index (κ2) is 9.50. The van der Waals surface area contributed by atoms with Crippen molar-refractivity contribution in [3.63, 3.8) is 0 Å². The first-order chi connectivity index (χ1) is 6.72. The first-order valence-electron chi connectivity index (χ1n) is 5.44. The highest BCUT2D eigenvalue weighted by Gasteiger charge is 2.13. The molecule has 0 heterocycles. The number of carbonyl (C=O) groups is 1. The second-order valence-electron chi connectivity index (χ2n) is 3.55. The number of hydrogen-bond donors (Lipinski definition) is 0. The summed E-state index contributed by atoms with van der Waals surface area (Å²) in [5.41, 5.74) is 0. The number of methoxy groups -OCH3 is 1. The minimum Gasteiger partial charge on any atom is -0.468 e. The third-order valence-corrected chi connectivity index (χ3v) is 3.10. The summed E-state index contributed by atoms with van der Waals surface area (Å²) in [6, 6.07) is 0. The number of unbranched alkanes of at least 4 members (excludes halogenated alkanes) is 5. The molecule has 0 spiro atoms. The molecule has 0 radical (unpaired) electrons. The molecule has 0 saturated heterocycles. The van der Waals surface area contributed by atoms with Gasteiger partial charge in [-0.15, -0.1) is 0 Å². The number of carbonyl (C=O) groups excluding carboxylic acids is 1. The molecule has 14 heavy (non-hydrogen) atoms. The van der Waals surface area contributed by atoms with E-state index >= 15 is 0 Å². The highest BCUT2D eigenvalue weighted by molar-refractivity contribution is 9.10. The van der Waals surface area contributed by atoms with E-state index in [4.69, 9.17) is 0 Å². The van der Waals surface area contributed by atoms with Crippen LogP contribution >= 0.6 is 15.9 Å². The second-order valence-corrected chi connectivity index (χ2v) is 4.65. The van der Waals surface area contributed by atoms with Gasteiger partial charge in [0.1, 0.15) is 4.83 Å². The van der Waals surface area contributed by atoms with Crippen molar-refractivity contribution in [2.45, 2.75) is 56.7 Å². The molecule has 0 aromatic heterocycles. The van der Waals surface area contributed by atoms with Crippen LogP contribution in [0.3, 0.4) is 0 Å². The highest BCUT2D eigenvalue weighted by atomic mass is 79.9. The quantitative estimate of drug-likeness (QED) is 0.380. The maximum absolute atomic E-state index is 11.0. The summed E-state index contributed by atoms with van der Waals surface area (Å²) in [7, 11) is 1.43. The van der Waals surface area contributed by atoms with Gasteiger partial charge in [-0.1, -0.05) is 61.4 Å². The van der Waals surface area contributed by atoms with Gasteiger partial charge in [0.25, 0.3) is 0 Å². The Morgan fingerprint density at radius 2 is 1.79 bits per heavy atom. The van der Waals surface area contributed by atoms with Gasteiger partial charge in [-0.3, -0.25) is 4.79 Å². The molecule has 0 aromatic carbocycles. The first kappa shape index (κ1) is 13.9. The Hall–Kier alpha value is -0.0500. The van der Waals surface area contributed by atoms with Crippen LogP contribution in [-0.4, -0.2) is 17.9 Å². The minimum absolute atomic E-state index is 0.112. The van der Waals surface area contributed by atoms with Crippen molar-refractivity contribution in [1.82, 2.24) is 0 Å². The lowest BCUT2D eigenvalue weighted by atomic mass is 10.1. The van der Waals surface area contributed by atoms with Crippen LogP contribution in [0.4, 0.5) is 0 Å². The largest absolute Gasteiger partial charge is 0.468 e. The fourth-order valence-electron chi connectivity index (χ4n) is 1.35. The van der Waals surface area contributed by atoms with Crippen molar-refractivity contribution < 1.29 is 9.53 Å². The third kappa shape index (κ3) is 7.36. The van der Waals surface area contributed by atoms with Gasteiger partial charge >= 0.3 is 5.97 Å². The molecule has 0 aliphatic heterocycles. The average Bonchev–Trinajstić information content (AvgIpc) is 2.21. The van der Waals surface area contributed by atoms with Crippen LogP contribution in [0.25, 0.3) is 0 Å². The Kier molecular flexibility index (Phi) is 9.47. The monoisotopic (exact) mass is 264 g/mol. The summed E-state index contributed by atoms with van der Waals surface area (Å²) in [5.74, 6) is -0.154. The number of ether oxygens (including phenoxy) is 1. The van der Waals surface area contributed by atoms with Crippen LogP contribution in [0.1, 0.15) is 51.9 Å². The Morgan fingerprint density at radius 3 is 2.36 bits per heavy atom. The van der Waals surface area contributed by atoms with Gasteiger partial charge in [-0.25, -0.2) is 0 Å². The summed E-state index contributed by atoms with van der Waals surface area (Å²) < 4.78 is 4.62. The molecule has 2 nitrogen and oxygen atoms in total. The summed E-state index contributed by atoms with van der Waals surface area (Å²) in [6.07, 6.45) is 8.43. The van der Waals surface area contributed by atoms with Gasteiger partial charge < -0.3 is 4.74 Å². The molecule has 84 valence electrons. The van der Waals surface area contributed by atoms with E-state index in [0.29, 0.717) is 0 Å². The number of halogens is 1. The van der Waals surface area contributed by atoms with Gasteiger partial charge in [0.2, 0.25) is 0 Å². The summed E-state index contributed by atoms with van der Waals surface area (Å²) in [5, 5.41) is 0. The lowest BCUT2D eigenvalue weighted by Crippen LogP contribution is -2.15. The number of hydrogen-bond acceptors (Lipinski definition) is 2. The molecule has 3 heteroatoms. The Morgan fingerprint density at radius 1 is 1.21 bits per heavy atom. The van der Waals surface area contributed by atoms with Gasteiger partial charge in [-0.2, -0.15) is 0 Å². The smallest absolute Gasteiger partial charge is 0.319 e. The molecule has 0 N–H and O–H groups in total. The van der Waals surface area contributed by atoms with E-state index in [1.165, 1.54) is 39.2 Å². The zero-order valence-electron chi connectivity index (χ0n) is 9.22. The molecule has 0 rings (SSSR count). The van der Waals surface area contributed by atoms with E-state index in [-0.39, 0.29) is 10.8 Å². The maximum atomic E-state index is 11.0. The van der Waals surface area contributed by atoms with Gasteiger partial charge in [0, 0.05) is 0 Å². The van der Waals surface area contributed by atoms with Crippen molar-refractivity contribution in [3.8, 4) is 0 Å². The zero-order chi connectivity index (χ0) is 10.8. The standard InChI is InChI=1S/C11H21BrO2/c1-3-4-5-6-7-8-9-10(12)11(13)14-2/h10H,3-9H2,1-2H3/t10-/m1/s1. The van der Waals surface area contributed by atoms with Crippen LogP contribution in [0.2, 0.25) is 0 Å². The van der Waals surface area contributed by atoms with Crippen molar-refractivity contribution in [2.75, 3.05) is 7.11 Å². The number of alkyl halides is 1. The topological polar surface area (TPSA) is 26.3 Å². The van der Waals surface area contributed by atoms with Crippen molar-refractivity contribution in [3.05, 3.63) is 0 Å². The molecule has 0 aliphatic carbocycles. The summed E-state index contributed by atoms with van der Waals surface area (Å²) in [6.45, 7) is 2.21. The van der Waals surface area contributed by atoms with E-state index in [0.717, 1.165) is 12.8 Å². The number of esters is 1. The third-order valence-electron chi connectivity index (χ3n) is 2.27. The summed E-state index contributed by atoms with van der Waals surface area (Å²) in [4.78, 5) is 10.9. The molecule has 0 unspecified atom stereocenters. The van der Waals surface area contributed by atoms with Crippen LogP contribution in [0.15, 0.2) is 0 Å².